The summed E-state index contributed by atoms with van der Waals surface area (Å²) in [4.78, 5) is 4.49. The maximum atomic E-state index is 10.1. The Labute approximate surface area is 119 Å². The van der Waals surface area contributed by atoms with Gasteiger partial charge in [-0.25, -0.2) is 0 Å². The van der Waals surface area contributed by atoms with Gasteiger partial charge in [-0.15, -0.1) is 0 Å². The fourth-order valence-electron chi connectivity index (χ4n) is 1.93. The normalized spacial score (nSPS) is 12.5. The van der Waals surface area contributed by atoms with Crippen molar-refractivity contribution in [1.29, 1.82) is 0 Å². The van der Waals surface area contributed by atoms with Crippen LogP contribution in [0.25, 0.3) is 0 Å². The monoisotopic (exact) mass is 269 g/mol. The maximum absolute atomic E-state index is 10.1. The summed E-state index contributed by atoms with van der Waals surface area (Å²) in [7, 11) is 0. The summed E-state index contributed by atoms with van der Waals surface area (Å²) in [6.07, 6.45) is 1.69. The van der Waals surface area contributed by atoms with Gasteiger partial charge in [0.1, 0.15) is 0 Å². The number of para-hydroxylation sites is 1. The predicted molar refractivity (Wildman–Crippen MR) is 81.7 cm³/mol. The quantitative estimate of drug-likeness (QED) is 0.834. The Morgan fingerprint density at radius 2 is 1.90 bits per heavy atom. The minimum absolute atomic E-state index is 0.0475. The third kappa shape index (κ3) is 3.38. The van der Waals surface area contributed by atoms with E-state index in [4.69, 9.17) is 4.74 Å². The highest BCUT2D eigenvalue weighted by Crippen LogP contribution is 2.29. The van der Waals surface area contributed by atoms with Gasteiger partial charge in [0.25, 0.3) is 0 Å². The third-order valence-electron chi connectivity index (χ3n) is 3.05. The van der Waals surface area contributed by atoms with Gasteiger partial charge in [-0.3, -0.25) is 4.99 Å². The second kappa shape index (κ2) is 6.75. The number of rotatable bonds is 5. The Kier molecular flexibility index (Phi) is 4.77. The second-order valence-electron chi connectivity index (χ2n) is 4.49. The number of hydrogen-bond acceptors (Lipinski definition) is 3. The molecular weight excluding hydrogens is 250 g/mol. The van der Waals surface area contributed by atoms with Crippen molar-refractivity contribution in [3.8, 4) is 11.5 Å². The van der Waals surface area contributed by atoms with E-state index in [2.05, 4.69) is 4.99 Å². The Morgan fingerprint density at radius 3 is 2.60 bits per heavy atom. The summed E-state index contributed by atoms with van der Waals surface area (Å²) in [6, 6.07) is 15.5. The van der Waals surface area contributed by atoms with Crippen LogP contribution < -0.4 is 4.74 Å². The molecule has 0 heterocycles. The summed E-state index contributed by atoms with van der Waals surface area (Å²) >= 11 is 0. The van der Waals surface area contributed by atoms with Gasteiger partial charge in [0.05, 0.1) is 12.6 Å². The van der Waals surface area contributed by atoms with E-state index in [1.165, 1.54) is 0 Å². The molecule has 1 N–H and O–H groups in total. The highest BCUT2D eigenvalue weighted by molar-refractivity contribution is 5.84. The van der Waals surface area contributed by atoms with Gasteiger partial charge in [-0.2, -0.15) is 0 Å². The van der Waals surface area contributed by atoms with Crippen molar-refractivity contribution >= 4 is 6.21 Å². The summed E-state index contributed by atoms with van der Waals surface area (Å²) in [5, 5.41) is 10.1. The molecule has 3 heteroatoms. The molecule has 20 heavy (non-hydrogen) atoms. The van der Waals surface area contributed by atoms with Crippen LogP contribution in [-0.2, 0) is 0 Å². The maximum Gasteiger partial charge on any atom is 0.166 e. The molecule has 2 aromatic carbocycles. The van der Waals surface area contributed by atoms with Crippen LogP contribution in [-0.4, -0.2) is 17.9 Å². The second-order valence-corrected chi connectivity index (χ2v) is 4.49. The van der Waals surface area contributed by atoms with Crippen LogP contribution in [0.1, 0.15) is 31.0 Å². The molecule has 0 unspecified atom stereocenters. The fraction of sp³-hybridized carbons (Fsp3) is 0.235. The first-order valence-corrected chi connectivity index (χ1v) is 6.75. The average Bonchev–Trinajstić information content (AvgIpc) is 2.49. The summed E-state index contributed by atoms with van der Waals surface area (Å²) in [5.41, 5.74) is 1.81. The molecule has 0 aliphatic carbocycles. The van der Waals surface area contributed by atoms with E-state index < -0.39 is 0 Å². The van der Waals surface area contributed by atoms with Crippen LogP contribution in [0, 0.1) is 0 Å². The van der Waals surface area contributed by atoms with Crippen molar-refractivity contribution < 1.29 is 9.84 Å². The number of phenols is 1. The minimum atomic E-state index is 0.0475. The number of nitrogens with zero attached hydrogens (tertiary/aromatic N) is 1. The molecular formula is C17H19NO2. The van der Waals surface area contributed by atoms with E-state index in [0.29, 0.717) is 17.9 Å². The van der Waals surface area contributed by atoms with E-state index in [0.717, 1.165) is 5.56 Å². The van der Waals surface area contributed by atoms with Gasteiger partial charge in [-0.1, -0.05) is 36.4 Å². The number of ether oxygens (including phenoxy) is 1. The van der Waals surface area contributed by atoms with Gasteiger partial charge in [0.15, 0.2) is 11.5 Å². The molecule has 0 aromatic heterocycles. The van der Waals surface area contributed by atoms with Crippen molar-refractivity contribution in [3.05, 3.63) is 59.7 Å². The molecule has 0 radical (unpaired) electrons. The Hall–Kier alpha value is -2.29. The molecule has 0 saturated heterocycles. The molecule has 0 fully saturated rings. The molecule has 0 amide bonds. The van der Waals surface area contributed by atoms with Crippen molar-refractivity contribution in [3.63, 3.8) is 0 Å². The number of phenolic OH excluding ortho intramolecular Hbond substituents is 1. The highest BCUT2D eigenvalue weighted by atomic mass is 16.5. The average molecular weight is 269 g/mol. The largest absolute Gasteiger partial charge is 0.504 e. The molecule has 104 valence electrons. The van der Waals surface area contributed by atoms with E-state index in [-0.39, 0.29) is 11.8 Å². The van der Waals surface area contributed by atoms with Crippen molar-refractivity contribution in [2.45, 2.75) is 19.9 Å². The van der Waals surface area contributed by atoms with Crippen molar-refractivity contribution in [2.24, 2.45) is 4.99 Å². The first-order valence-electron chi connectivity index (χ1n) is 6.75. The lowest BCUT2D eigenvalue weighted by Crippen LogP contribution is -1.95. The van der Waals surface area contributed by atoms with E-state index in [1.807, 2.05) is 56.3 Å². The Bertz CT molecular complexity index is 579. The fourth-order valence-corrected chi connectivity index (χ4v) is 1.93. The molecule has 0 aliphatic heterocycles. The number of aromatic hydroxyl groups is 1. The number of hydrogen-bond donors (Lipinski definition) is 1. The first kappa shape index (κ1) is 14.1. The first-order chi connectivity index (χ1) is 9.72. The number of benzene rings is 2. The Balaban J connectivity index is 2.17. The lowest BCUT2D eigenvalue weighted by Gasteiger charge is -2.09. The highest BCUT2D eigenvalue weighted by Gasteiger charge is 2.06. The van der Waals surface area contributed by atoms with Gasteiger partial charge in [0.2, 0.25) is 0 Å². The standard InChI is InChI=1S/C17H19NO2/c1-3-20-16-11-7-10-15(17(16)19)12-18-13(2)14-8-5-4-6-9-14/h4-13,19H,3H2,1-2H3/t13-/m1/s1. The van der Waals surface area contributed by atoms with Gasteiger partial charge in [0, 0.05) is 11.8 Å². The van der Waals surface area contributed by atoms with Gasteiger partial charge >= 0.3 is 0 Å². The predicted octanol–water partition coefficient (Wildman–Crippen LogP) is 3.97. The zero-order valence-electron chi connectivity index (χ0n) is 11.8. The van der Waals surface area contributed by atoms with E-state index >= 15 is 0 Å². The Morgan fingerprint density at radius 1 is 1.15 bits per heavy atom. The minimum Gasteiger partial charge on any atom is -0.504 e. The van der Waals surface area contributed by atoms with E-state index in [9.17, 15) is 5.11 Å². The smallest absolute Gasteiger partial charge is 0.166 e. The molecule has 0 saturated carbocycles. The van der Waals surface area contributed by atoms with Gasteiger partial charge < -0.3 is 9.84 Å². The zero-order chi connectivity index (χ0) is 14.4. The van der Waals surface area contributed by atoms with E-state index in [1.54, 1.807) is 12.3 Å². The van der Waals surface area contributed by atoms with Crippen LogP contribution >= 0.6 is 0 Å². The molecule has 2 rings (SSSR count). The SMILES string of the molecule is CCOc1cccc(C=N[C@H](C)c2ccccc2)c1O. The molecule has 0 bridgehead atoms. The lowest BCUT2D eigenvalue weighted by atomic mass is 10.1. The van der Waals surface area contributed by atoms with Crippen molar-refractivity contribution in [2.75, 3.05) is 6.61 Å². The number of aliphatic imine (C=N–C) groups is 1. The third-order valence-corrected chi connectivity index (χ3v) is 3.05. The van der Waals surface area contributed by atoms with Crippen LogP contribution in [0.2, 0.25) is 0 Å². The van der Waals surface area contributed by atoms with Crippen molar-refractivity contribution in [1.82, 2.24) is 0 Å². The van der Waals surface area contributed by atoms with Crippen LogP contribution in [0.5, 0.6) is 11.5 Å². The summed E-state index contributed by atoms with van der Waals surface area (Å²) < 4.78 is 5.36. The van der Waals surface area contributed by atoms with Crippen LogP contribution in [0.4, 0.5) is 0 Å². The molecule has 1 atom stereocenters. The molecule has 2 aromatic rings. The lowest BCUT2D eigenvalue weighted by molar-refractivity contribution is 0.318. The molecule has 0 spiro atoms. The summed E-state index contributed by atoms with van der Waals surface area (Å²) in [6.45, 7) is 4.43. The van der Waals surface area contributed by atoms with Crippen LogP contribution in [0.15, 0.2) is 53.5 Å². The molecule has 3 nitrogen and oxygen atoms in total. The molecule has 0 aliphatic rings. The zero-order valence-corrected chi connectivity index (χ0v) is 11.8. The van der Waals surface area contributed by atoms with Gasteiger partial charge in [-0.05, 0) is 31.5 Å². The topological polar surface area (TPSA) is 41.8 Å². The van der Waals surface area contributed by atoms with Crippen LogP contribution in [0.3, 0.4) is 0 Å². The summed E-state index contributed by atoms with van der Waals surface area (Å²) in [5.74, 6) is 0.627.